The Balaban J connectivity index is 2.76. The largest absolute Gasteiger partial charge is 0.480 e. The Kier molecular flexibility index (Phi) is 5.83. The maximum Gasteiger partial charge on any atom is 0.260 e. The molecule has 2 N–H and O–H groups in total. The number of ether oxygens (including phenoxy) is 1. The second-order valence-electron chi connectivity index (χ2n) is 4.80. The van der Waals surface area contributed by atoms with Crippen molar-refractivity contribution >= 4 is 5.91 Å². The number of rotatable bonds is 6. The van der Waals surface area contributed by atoms with E-state index in [4.69, 9.17) is 4.74 Å². The smallest absolute Gasteiger partial charge is 0.260 e. The lowest BCUT2D eigenvalue weighted by Gasteiger charge is -2.20. The van der Waals surface area contributed by atoms with E-state index in [2.05, 4.69) is 5.32 Å². The summed E-state index contributed by atoms with van der Waals surface area (Å²) < 4.78 is 5.70. The number of carbonyl (C=O) groups is 1. The highest BCUT2D eigenvalue weighted by Crippen LogP contribution is 2.24. The number of aliphatic hydroxyl groups is 1. The van der Waals surface area contributed by atoms with Crippen molar-refractivity contribution in [2.24, 2.45) is 0 Å². The summed E-state index contributed by atoms with van der Waals surface area (Å²) in [6.07, 6.45) is 0.297. The van der Waals surface area contributed by atoms with Gasteiger partial charge in [0.15, 0.2) is 6.10 Å². The minimum Gasteiger partial charge on any atom is -0.480 e. The van der Waals surface area contributed by atoms with Crippen molar-refractivity contribution in [1.82, 2.24) is 5.32 Å². The maximum absolute atomic E-state index is 11.9. The molecule has 1 rings (SSSR count). The zero-order chi connectivity index (χ0) is 14.4. The molecule has 0 saturated heterocycles. The average molecular weight is 265 g/mol. The van der Waals surface area contributed by atoms with Gasteiger partial charge in [0, 0.05) is 11.6 Å². The van der Waals surface area contributed by atoms with Crippen LogP contribution in [0.3, 0.4) is 0 Å². The van der Waals surface area contributed by atoms with Gasteiger partial charge in [0.1, 0.15) is 5.75 Å². The number of aliphatic hydroxyl groups excluding tert-OH is 1. The summed E-state index contributed by atoms with van der Waals surface area (Å²) >= 11 is 0. The highest BCUT2D eigenvalue weighted by Gasteiger charge is 2.18. The minimum atomic E-state index is -0.583. The molecule has 1 aromatic rings. The molecular weight excluding hydrogens is 242 g/mol. The SMILES string of the molecule is CCC(C)NC(=O)C(C)Oc1c(C)cccc1CO. The van der Waals surface area contributed by atoms with Crippen LogP contribution in [0, 0.1) is 6.92 Å². The summed E-state index contributed by atoms with van der Waals surface area (Å²) in [6, 6.07) is 5.68. The lowest BCUT2D eigenvalue weighted by atomic mass is 10.1. The summed E-state index contributed by atoms with van der Waals surface area (Å²) in [5.41, 5.74) is 1.61. The molecular formula is C15H23NO3. The van der Waals surface area contributed by atoms with Gasteiger partial charge in [0.05, 0.1) is 6.61 Å². The Morgan fingerprint density at radius 2 is 2.11 bits per heavy atom. The Morgan fingerprint density at radius 1 is 1.42 bits per heavy atom. The summed E-state index contributed by atoms with van der Waals surface area (Å²) in [6.45, 7) is 7.48. The molecule has 0 saturated carbocycles. The monoisotopic (exact) mass is 265 g/mol. The Morgan fingerprint density at radius 3 is 2.68 bits per heavy atom. The van der Waals surface area contributed by atoms with Crippen LogP contribution in [-0.4, -0.2) is 23.2 Å². The summed E-state index contributed by atoms with van der Waals surface area (Å²) in [5.74, 6) is 0.457. The van der Waals surface area contributed by atoms with Crippen molar-refractivity contribution in [2.45, 2.75) is 52.9 Å². The third kappa shape index (κ3) is 4.24. The van der Waals surface area contributed by atoms with Gasteiger partial charge in [-0.3, -0.25) is 4.79 Å². The van der Waals surface area contributed by atoms with Crippen LogP contribution in [0.4, 0.5) is 0 Å². The molecule has 4 heteroatoms. The standard InChI is InChI=1S/C15H23NO3/c1-5-11(3)16-15(18)12(4)19-14-10(2)7-6-8-13(14)9-17/h6-8,11-12,17H,5,9H2,1-4H3,(H,16,18). The molecule has 4 nitrogen and oxygen atoms in total. The molecule has 106 valence electrons. The highest BCUT2D eigenvalue weighted by molar-refractivity contribution is 5.81. The molecule has 0 fully saturated rings. The summed E-state index contributed by atoms with van der Waals surface area (Å²) in [7, 11) is 0. The van der Waals surface area contributed by atoms with Gasteiger partial charge in [-0.05, 0) is 32.8 Å². The first kappa shape index (κ1) is 15.5. The van der Waals surface area contributed by atoms with Gasteiger partial charge in [0.25, 0.3) is 5.91 Å². The highest BCUT2D eigenvalue weighted by atomic mass is 16.5. The molecule has 1 aromatic carbocycles. The molecule has 0 aromatic heterocycles. The van der Waals surface area contributed by atoms with Crippen molar-refractivity contribution in [2.75, 3.05) is 0 Å². The van der Waals surface area contributed by atoms with Crippen LogP contribution in [0.1, 0.15) is 38.3 Å². The number of aryl methyl sites for hydroxylation is 1. The molecule has 2 unspecified atom stereocenters. The second kappa shape index (κ2) is 7.14. The van der Waals surface area contributed by atoms with E-state index in [0.717, 1.165) is 12.0 Å². The number of nitrogens with one attached hydrogen (secondary N) is 1. The quantitative estimate of drug-likeness (QED) is 0.828. The predicted octanol–water partition coefficient (Wildman–Crippen LogP) is 2.17. The van der Waals surface area contributed by atoms with Crippen molar-refractivity contribution in [1.29, 1.82) is 0 Å². The molecule has 2 atom stereocenters. The van der Waals surface area contributed by atoms with Crippen LogP contribution in [0.2, 0.25) is 0 Å². The van der Waals surface area contributed by atoms with Gasteiger partial charge in [-0.15, -0.1) is 0 Å². The number of hydrogen-bond acceptors (Lipinski definition) is 3. The van der Waals surface area contributed by atoms with Gasteiger partial charge in [-0.1, -0.05) is 25.1 Å². The first-order chi connectivity index (χ1) is 8.99. The van der Waals surface area contributed by atoms with Crippen LogP contribution in [0.25, 0.3) is 0 Å². The van der Waals surface area contributed by atoms with Crippen molar-refractivity contribution < 1.29 is 14.6 Å². The van der Waals surface area contributed by atoms with Crippen molar-refractivity contribution in [3.63, 3.8) is 0 Å². The van der Waals surface area contributed by atoms with E-state index < -0.39 is 6.10 Å². The normalized spacial score (nSPS) is 13.7. The third-order valence-electron chi connectivity index (χ3n) is 3.13. The van der Waals surface area contributed by atoms with Crippen LogP contribution in [0.15, 0.2) is 18.2 Å². The fraction of sp³-hybridized carbons (Fsp3) is 0.533. The fourth-order valence-electron chi connectivity index (χ4n) is 1.70. The molecule has 0 heterocycles. The van der Waals surface area contributed by atoms with Crippen molar-refractivity contribution in [3.05, 3.63) is 29.3 Å². The van der Waals surface area contributed by atoms with Crippen molar-refractivity contribution in [3.8, 4) is 5.75 Å². The van der Waals surface area contributed by atoms with Gasteiger partial charge in [-0.2, -0.15) is 0 Å². The topological polar surface area (TPSA) is 58.6 Å². The Bertz CT molecular complexity index is 431. The number of benzene rings is 1. The van der Waals surface area contributed by atoms with Gasteiger partial charge >= 0.3 is 0 Å². The first-order valence-corrected chi connectivity index (χ1v) is 6.66. The van der Waals surface area contributed by atoms with E-state index in [9.17, 15) is 9.90 Å². The van der Waals surface area contributed by atoms with Crippen LogP contribution in [-0.2, 0) is 11.4 Å². The number of para-hydroxylation sites is 1. The van der Waals surface area contributed by atoms with E-state index in [1.54, 1.807) is 13.0 Å². The number of amides is 1. The predicted molar refractivity (Wildman–Crippen MR) is 75.1 cm³/mol. The Labute approximate surface area is 114 Å². The number of hydrogen-bond donors (Lipinski definition) is 2. The van der Waals surface area contributed by atoms with Gasteiger partial charge in [-0.25, -0.2) is 0 Å². The number of carbonyl (C=O) groups excluding carboxylic acids is 1. The molecule has 0 radical (unpaired) electrons. The average Bonchev–Trinajstić information content (AvgIpc) is 2.40. The minimum absolute atomic E-state index is 0.100. The lowest BCUT2D eigenvalue weighted by Crippen LogP contribution is -2.41. The Hall–Kier alpha value is -1.55. The summed E-state index contributed by atoms with van der Waals surface area (Å²) in [5, 5.41) is 12.2. The zero-order valence-corrected chi connectivity index (χ0v) is 12.1. The maximum atomic E-state index is 11.9. The summed E-state index contributed by atoms with van der Waals surface area (Å²) in [4.78, 5) is 11.9. The van der Waals surface area contributed by atoms with Crippen LogP contribution >= 0.6 is 0 Å². The van der Waals surface area contributed by atoms with E-state index >= 15 is 0 Å². The van der Waals surface area contributed by atoms with Gasteiger partial charge < -0.3 is 15.2 Å². The molecule has 0 aliphatic carbocycles. The van der Waals surface area contributed by atoms with Crippen LogP contribution in [0.5, 0.6) is 5.75 Å². The third-order valence-corrected chi connectivity index (χ3v) is 3.13. The van der Waals surface area contributed by atoms with E-state index in [0.29, 0.717) is 11.3 Å². The van der Waals surface area contributed by atoms with Gasteiger partial charge in [0.2, 0.25) is 0 Å². The molecule has 0 spiro atoms. The second-order valence-corrected chi connectivity index (χ2v) is 4.80. The zero-order valence-electron chi connectivity index (χ0n) is 12.1. The lowest BCUT2D eigenvalue weighted by molar-refractivity contribution is -0.127. The molecule has 0 bridgehead atoms. The molecule has 0 aliphatic rings. The molecule has 0 aliphatic heterocycles. The first-order valence-electron chi connectivity index (χ1n) is 6.66. The molecule has 1 amide bonds. The van der Waals surface area contributed by atoms with E-state index in [-0.39, 0.29) is 18.6 Å². The van der Waals surface area contributed by atoms with Crippen LogP contribution < -0.4 is 10.1 Å². The van der Waals surface area contributed by atoms with E-state index in [1.165, 1.54) is 0 Å². The fourth-order valence-corrected chi connectivity index (χ4v) is 1.70. The molecule has 19 heavy (non-hydrogen) atoms. The van der Waals surface area contributed by atoms with E-state index in [1.807, 2.05) is 32.9 Å².